The molecule has 2 fully saturated rings. The number of hydrogen-bond acceptors (Lipinski definition) is 4. The second-order valence-electron chi connectivity index (χ2n) is 7.79. The summed E-state index contributed by atoms with van der Waals surface area (Å²) in [7, 11) is 0. The molecule has 1 unspecified atom stereocenters. The number of rotatable bonds is 4. The van der Waals surface area contributed by atoms with Gasteiger partial charge in [0.15, 0.2) is 0 Å². The second kappa shape index (κ2) is 7.99. The maximum Gasteiger partial charge on any atom is 0.254 e. The van der Waals surface area contributed by atoms with Gasteiger partial charge in [-0.25, -0.2) is 4.98 Å². The number of pyridine rings is 1. The van der Waals surface area contributed by atoms with E-state index in [9.17, 15) is 4.79 Å². The topological polar surface area (TPSA) is 48.5 Å². The Morgan fingerprint density at radius 2 is 1.85 bits per heavy atom. The molecule has 1 aromatic carbocycles. The van der Waals surface area contributed by atoms with Crippen LogP contribution in [0.3, 0.4) is 0 Å². The fourth-order valence-electron chi connectivity index (χ4n) is 4.07. The molecule has 0 saturated carbocycles. The van der Waals surface area contributed by atoms with Crippen LogP contribution in [0, 0.1) is 5.92 Å². The third kappa shape index (κ3) is 4.24. The lowest BCUT2D eigenvalue weighted by molar-refractivity contribution is 0.0683. The summed E-state index contributed by atoms with van der Waals surface area (Å²) in [6.07, 6.45) is 6.56. The quantitative estimate of drug-likeness (QED) is 0.879. The van der Waals surface area contributed by atoms with Crippen molar-refractivity contribution in [2.45, 2.75) is 32.6 Å². The molecular formula is C22H28N4O. The molecule has 1 N–H and O–H groups in total. The fourth-order valence-corrected chi connectivity index (χ4v) is 4.07. The lowest BCUT2D eigenvalue weighted by Gasteiger charge is -2.31. The van der Waals surface area contributed by atoms with Crippen molar-refractivity contribution in [2.75, 3.05) is 36.4 Å². The van der Waals surface area contributed by atoms with Gasteiger partial charge in [0.2, 0.25) is 0 Å². The van der Waals surface area contributed by atoms with Crippen molar-refractivity contribution in [3.8, 4) is 0 Å². The van der Waals surface area contributed by atoms with Crippen LogP contribution in [0.1, 0.15) is 43.0 Å². The number of piperidine rings is 1. The van der Waals surface area contributed by atoms with E-state index in [0.29, 0.717) is 17.3 Å². The summed E-state index contributed by atoms with van der Waals surface area (Å²) >= 11 is 0. The third-order valence-corrected chi connectivity index (χ3v) is 5.56. The van der Waals surface area contributed by atoms with Crippen LogP contribution in [-0.4, -0.2) is 42.0 Å². The van der Waals surface area contributed by atoms with Gasteiger partial charge >= 0.3 is 0 Å². The van der Waals surface area contributed by atoms with Crippen LogP contribution in [0.15, 0.2) is 42.6 Å². The number of nitrogens with zero attached hydrogens (tertiary/aromatic N) is 3. The van der Waals surface area contributed by atoms with Crippen molar-refractivity contribution >= 4 is 23.1 Å². The number of benzene rings is 1. The highest BCUT2D eigenvalue weighted by molar-refractivity contribution is 5.95. The molecule has 0 aliphatic carbocycles. The molecule has 0 spiro atoms. The van der Waals surface area contributed by atoms with Crippen molar-refractivity contribution in [3.05, 3.63) is 48.2 Å². The van der Waals surface area contributed by atoms with E-state index in [-0.39, 0.29) is 5.91 Å². The first-order valence-corrected chi connectivity index (χ1v) is 10.1. The van der Waals surface area contributed by atoms with Gasteiger partial charge in [-0.2, -0.15) is 0 Å². The molecule has 2 aromatic rings. The molecule has 2 aliphatic rings. The standard InChI is InChI=1S/C22H28N4O/c1-17-5-4-14-26(16-17)22(27)18-10-11-23-21(15-18)24-19-6-8-20(9-7-19)25-12-2-3-13-25/h6-11,15,17H,2-5,12-14,16H2,1H3,(H,23,24). The first-order valence-electron chi connectivity index (χ1n) is 10.1. The van der Waals surface area contributed by atoms with Gasteiger partial charge in [-0.1, -0.05) is 6.92 Å². The van der Waals surface area contributed by atoms with Crippen LogP contribution in [0.5, 0.6) is 0 Å². The molecule has 1 aromatic heterocycles. The van der Waals surface area contributed by atoms with Crippen LogP contribution in [0.4, 0.5) is 17.2 Å². The van der Waals surface area contributed by atoms with E-state index in [1.807, 2.05) is 17.0 Å². The maximum absolute atomic E-state index is 12.8. The molecule has 0 bridgehead atoms. The highest BCUT2D eigenvalue weighted by atomic mass is 16.2. The lowest BCUT2D eigenvalue weighted by atomic mass is 9.99. The minimum absolute atomic E-state index is 0.108. The molecule has 4 rings (SSSR count). The van der Waals surface area contributed by atoms with Crippen molar-refractivity contribution in [1.29, 1.82) is 0 Å². The number of anilines is 3. The van der Waals surface area contributed by atoms with Crippen LogP contribution in [0.2, 0.25) is 0 Å². The number of amides is 1. The summed E-state index contributed by atoms with van der Waals surface area (Å²) in [5.74, 6) is 1.40. The molecule has 1 amide bonds. The van der Waals surface area contributed by atoms with E-state index in [1.165, 1.54) is 24.9 Å². The van der Waals surface area contributed by atoms with E-state index in [0.717, 1.165) is 38.3 Å². The van der Waals surface area contributed by atoms with Crippen LogP contribution >= 0.6 is 0 Å². The highest BCUT2D eigenvalue weighted by Crippen LogP contribution is 2.24. The Labute approximate surface area is 161 Å². The van der Waals surface area contributed by atoms with E-state index in [1.54, 1.807) is 6.20 Å². The zero-order valence-electron chi connectivity index (χ0n) is 16.0. The van der Waals surface area contributed by atoms with Crippen LogP contribution < -0.4 is 10.2 Å². The number of nitrogens with one attached hydrogen (secondary N) is 1. The molecule has 5 heteroatoms. The van der Waals surface area contributed by atoms with E-state index >= 15 is 0 Å². The number of hydrogen-bond donors (Lipinski definition) is 1. The van der Waals surface area contributed by atoms with Crippen molar-refractivity contribution in [1.82, 2.24) is 9.88 Å². The van der Waals surface area contributed by atoms with Crippen LogP contribution in [0.25, 0.3) is 0 Å². The van der Waals surface area contributed by atoms with Gasteiger partial charge in [-0.05, 0) is 68.0 Å². The SMILES string of the molecule is CC1CCCN(C(=O)c2ccnc(Nc3ccc(N4CCCC4)cc3)c2)C1. The first-order chi connectivity index (χ1) is 13.2. The van der Waals surface area contributed by atoms with E-state index in [4.69, 9.17) is 0 Å². The molecule has 27 heavy (non-hydrogen) atoms. The number of aromatic nitrogens is 1. The Morgan fingerprint density at radius 3 is 2.59 bits per heavy atom. The first kappa shape index (κ1) is 17.8. The van der Waals surface area contributed by atoms with Crippen molar-refractivity contribution in [3.63, 3.8) is 0 Å². The monoisotopic (exact) mass is 364 g/mol. The van der Waals surface area contributed by atoms with Crippen LogP contribution in [-0.2, 0) is 0 Å². The van der Waals surface area contributed by atoms with Gasteiger partial charge in [0, 0.05) is 49.3 Å². The smallest absolute Gasteiger partial charge is 0.254 e. The summed E-state index contributed by atoms with van der Waals surface area (Å²) in [6.45, 7) is 6.21. The maximum atomic E-state index is 12.8. The molecule has 3 heterocycles. The number of likely N-dealkylation sites (tertiary alicyclic amines) is 1. The Morgan fingerprint density at radius 1 is 1.07 bits per heavy atom. The number of carbonyl (C=O) groups excluding carboxylic acids is 1. The lowest BCUT2D eigenvalue weighted by Crippen LogP contribution is -2.39. The molecular weight excluding hydrogens is 336 g/mol. The van der Waals surface area contributed by atoms with E-state index < -0.39 is 0 Å². The van der Waals surface area contributed by atoms with Gasteiger partial charge in [-0.3, -0.25) is 4.79 Å². The summed E-state index contributed by atoms with van der Waals surface area (Å²) in [6, 6.07) is 12.1. The second-order valence-corrected chi connectivity index (χ2v) is 7.79. The molecule has 1 atom stereocenters. The van der Waals surface area contributed by atoms with Gasteiger partial charge in [0.1, 0.15) is 5.82 Å². The number of carbonyl (C=O) groups is 1. The summed E-state index contributed by atoms with van der Waals surface area (Å²) < 4.78 is 0. The van der Waals surface area contributed by atoms with Gasteiger partial charge in [-0.15, -0.1) is 0 Å². The summed E-state index contributed by atoms with van der Waals surface area (Å²) in [5.41, 5.74) is 2.96. The Hall–Kier alpha value is -2.56. The minimum atomic E-state index is 0.108. The van der Waals surface area contributed by atoms with E-state index in [2.05, 4.69) is 46.4 Å². The zero-order valence-corrected chi connectivity index (χ0v) is 16.0. The molecule has 2 saturated heterocycles. The highest BCUT2D eigenvalue weighted by Gasteiger charge is 2.22. The normalized spacial score (nSPS) is 20.0. The Balaban J connectivity index is 1.43. The molecule has 5 nitrogen and oxygen atoms in total. The summed E-state index contributed by atoms with van der Waals surface area (Å²) in [4.78, 5) is 21.6. The zero-order chi connectivity index (χ0) is 18.6. The summed E-state index contributed by atoms with van der Waals surface area (Å²) in [5, 5.41) is 3.33. The average Bonchev–Trinajstić information content (AvgIpc) is 3.23. The Kier molecular flexibility index (Phi) is 5.28. The molecule has 0 radical (unpaired) electrons. The largest absolute Gasteiger partial charge is 0.372 e. The van der Waals surface area contributed by atoms with Crippen molar-refractivity contribution < 1.29 is 4.79 Å². The van der Waals surface area contributed by atoms with Gasteiger partial charge in [0.25, 0.3) is 5.91 Å². The predicted octanol–water partition coefficient (Wildman–Crippen LogP) is 4.30. The van der Waals surface area contributed by atoms with Crippen molar-refractivity contribution in [2.24, 2.45) is 5.92 Å². The molecule has 2 aliphatic heterocycles. The third-order valence-electron chi connectivity index (χ3n) is 5.56. The minimum Gasteiger partial charge on any atom is -0.372 e. The predicted molar refractivity (Wildman–Crippen MR) is 110 cm³/mol. The van der Waals surface area contributed by atoms with Gasteiger partial charge < -0.3 is 15.1 Å². The Bertz CT molecular complexity index is 783. The fraction of sp³-hybridized carbons (Fsp3) is 0.455. The average molecular weight is 364 g/mol. The van der Waals surface area contributed by atoms with Gasteiger partial charge in [0.05, 0.1) is 0 Å². The molecule has 142 valence electrons.